The van der Waals surface area contributed by atoms with E-state index in [1.165, 1.54) is 40.4 Å². The number of amides is 1. The molecule has 0 bridgehead atoms. The molecule has 4 rings (SSSR count). The molecule has 67 heavy (non-hydrogen) atoms. The van der Waals surface area contributed by atoms with Crippen molar-refractivity contribution in [1.29, 1.82) is 0 Å². The van der Waals surface area contributed by atoms with Crippen LogP contribution in [0.1, 0.15) is 154 Å². The zero-order valence-electron chi connectivity index (χ0n) is 44.1. The van der Waals surface area contributed by atoms with E-state index in [1.54, 1.807) is 37.3 Å². The van der Waals surface area contributed by atoms with Crippen molar-refractivity contribution in [1.82, 2.24) is 15.6 Å². The van der Waals surface area contributed by atoms with E-state index in [-0.39, 0.29) is 29.9 Å². The van der Waals surface area contributed by atoms with Crippen molar-refractivity contribution >= 4 is 29.1 Å². The Morgan fingerprint density at radius 1 is 0.881 bits per heavy atom. The van der Waals surface area contributed by atoms with Crippen LogP contribution in [0.15, 0.2) is 109 Å². The molecule has 1 amide bonds. The lowest BCUT2D eigenvalue weighted by Crippen LogP contribution is -2.44. The Morgan fingerprint density at radius 2 is 1.49 bits per heavy atom. The SMILES string of the molecule is C=C(C)CCC(CC)C(CC(C)=O)C(CNC(CCCc1ccc(C2C(C)=C(c3cc(C)ccc3C)CCN2C(=O)Oc2ccc(Cl)cc2)cc1)CNN)CC(=C)C.C=CC.CC.CC.CN. The van der Waals surface area contributed by atoms with Crippen molar-refractivity contribution in [2.45, 2.75) is 153 Å². The van der Waals surface area contributed by atoms with Gasteiger partial charge in [0.1, 0.15) is 11.5 Å². The van der Waals surface area contributed by atoms with E-state index in [0.717, 1.165) is 74.6 Å². The smallest absolute Gasteiger partial charge is 0.410 e. The van der Waals surface area contributed by atoms with Crippen LogP contribution < -0.4 is 27.1 Å². The first kappa shape index (κ1) is 62.7. The maximum absolute atomic E-state index is 13.8. The highest BCUT2D eigenvalue weighted by atomic mass is 35.5. The van der Waals surface area contributed by atoms with Crippen LogP contribution in [0.4, 0.5) is 4.79 Å². The minimum absolute atomic E-state index is 0.184. The molecule has 1 aliphatic heterocycles. The fourth-order valence-electron chi connectivity index (χ4n) is 8.84. The van der Waals surface area contributed by atoms with Gasteiger partial charge in [0.05, 0.1) is 6.04 Å². The number of aryl methyl sites for hydroxylation is 3. The summed E-state index contributed by atoms with van der Waals surface area (Å²) in [4.78, 5) is 28.2. The lowest BCUT2D eigenvalue weighted by molar-refractivity contribution is -0.118. The van der Waals surface area contributed by atoms with Crippen LogP contribution in [0.25, 0.3) is 5.57 Å². The summed E-state index contributed by atoms with van der Waals surface area (Å²) in [6.45, 7) is 38.3. The third-order valence-corrected chi connectivity index (χ3v) is 12.2. The largest absolute Gasteiger partial charge is 0.416 e. The maximum atomic E-state index is 13.8. The summed E-state index contributed by atoms with van der Waals surface area (Å²) < 4.78 is 5.89. The number of hydrogen-bond donors (Lipinski definition) is 4. The minimum atomic E-state index is -0.377. The van der Waals surface area contributed by atoms with E-state index in [2.05, 4.69) is 120 Å². The number of halogens is 1. The Kier molecular flexibility index (Phi) is 33.5. The first-order chi connectivity index (χ1) is 32.1. The standard InChI is InChI=1S/C50H69ClN4O3.C3H6.2C2H6.CH5N/c1-10-40(19-14-33(2)3)48(30-37(8)56)42(28-34(4)5)31-53-44(32-54-52)13-11-12-39-17-20-41(21-18-39)49-38(9)46(47-29-35(6)15-16-36(47)7)26-27-55(49)50(57)58-45-24-22-43(51)23-25-45;1-3-2;3*1-2/h15-18,20-25,29,40,42,44,48-49,53-54H,2,4,10-14,19,26-28,30-32,52H2,1,3,5-9H3;3H,1H2,2H3;2*1-2H3;2H2,1H3. The van der Waals surface area contributed by atoms with Crippen molar-refractivity contribution in [3.63, 3.8) is 0 Å². The average Bonchev–Trinajstić information content (AvgIpc) is 3.31. The topological polar surface area (TPSA) is 123 Å². The maximum Gasteiger partial charge on any atom is 0.416 e. The van der Waals surface area contributed by atoms with Gasteiger partial charge < -0.3 is 20.6 Å². The van der Waals surface area contributed by atoms with Gasteiger partial charge in [0.25, 0.3) is 0 Å². The summed E-state index contributed by atoms with van der Waals surface area (Å²) in [5.41, 5.74) is 18.2. The molecule has 0 aliphatic carbocycles. The normalized spacial score (nSPS) is 14.7. The number of carbonyl (C=O) groups excluding carboxylic acids is 2. The van der Waals surface area contributed by atoms with Gasteiger partial charge in [-0.25, -0.2) is 4.79 Å². The predicted molar refractivity (Wildman–Crippen MR) is 292 cm³/mol. The molecule has 9 heteroatoms. The van der Waals surface area contributed by atoms with Gasteiger partial charge in [-0.1, -0.05) is 118 Å². The van der Waals surface area contributed by atoms with Crippen LogP contribution in [0.2, 0.25) is 5.02 Å². The van der Waals surface area contributed by atoms with E-state index in [0.29, 0.717) is 42.1 Å². The number of carbonyl (C=O) groups is 2. The molecule has 1 aliphatic rings. The van der Waals surface area contributed by atoms with E-state index in [4.69, 9.17) is 22.2 Å². The number of allylic oxidation sites excluding steroid dienone is 3. The zero-order valence-corrected chi connectivity index (χ0v) is 44.9. The van der Waals surface area contributed by atoms with Crippen LogP contribution in [0.5, 0.6) is 5.75 Å². The minimum Gasteiger partial charge on any atom is -0.410 e. The zero-order chi connectivity index (χ0) is 51.1. The van der Waals surface area contributed by atoms with E-state index in [1.807, 2.05) is 39.5 Å². The van der Waals surface area contributed by atoms with Gasteiger partial charge in [-0.15, -0.1) is 19.7 Å². The second-order valence-corrected chi connectivity index (χ2v) is 17.8. The number of nitrogens with zero attached hydrogens (tertiary/aromatic N) is 1. The lowest BCUT2D eigenvalue weighted by Gasteiger charge is -2.38. The van der Waals surface area contributed by atoms with Gasteiger partial charge in [0.15, 0.2) is 0 Å². The van der Waals surface area contributed by atoms with Gasteiger partial charge >= 0.3 is 6.09 Å². The Balaban J connectivity index is 0.00000452. The first-order valence-electron chi connectivity index (χ1n) is 24.8. The van der Waals surface area contributed by atoms with Gasteiger partial charge in [-0.3, -0.25) is 16.2 Å². The molecule has 6 N–H and O–H groups in total. The van der Waals surface area contributed by atoms with Crippen LogP contribution >= 0.6 is 11.6 Å². The number of ketones is 1. The van der Waals surface area contributed by atoms with E-state index in [9.17, 15) is 9.59 Å². The number of hydrazine groups is 1. The number of nitrogens with one attached hydrogen (secondary N) is 2. The molecular formula is C58H92ClN5O3. The third kappa shape index (κ3) is 22.6. The Labute approximate surface area is 414 Å². The van der Waals surface area contributed by atoms with Gasteiger partial charge in [-0.2, -0.15) is 0 Å². The Bertz CT molecular complexity index is 1920. The molecular weight excluding hydrogens is 850 g/mol. The molecule has 0 spiro atoms. The second-order valence-electron chi connectivity index (χ2n) is 17.4. The predicted octanol–water partition coefficient (Wildman–Crippen LogP) is 14.5. The van der Waals surface area contributed by atoms with Gasteiger partial charge in [0, 0.05) is 30.6 Å². The van der Waals surface area contributed by atoms with E-state index < -0.39 is 0 Å². The monoisotopic (exact) mass is 942 g/mol. The van der Waals surface area contributed by atoms with Crippen LogP contribution in [-0.4, -0.2) is 49.5 Å². The summed E-state index contributed by atoms with van der Waals surface area (Å²) in [6, 6.07) is 22.2. The molecule has 0 aromatic heterocycles. The number of Topliss-reactive ketones (excluding diaryl/α,β-unsaturated/α-hetero) is 1. The van der Waals surface area contributed by atoms with Crippen molar-refractivity contribution < 1.29 is 14.3 Å². The fraction of sp³-hybridized carbons (Fsp3) is 0.517. The summed E-state index contributed by atoms with van der Waals surface area (Å²) >= 11 is 6.10. The molecule has 8 nitrogen and oxygen atoms in total. The number of hydrogen-bond acceptors (Lipinski definition) is 7. The number of nitrogens with two attached hydrogens (primary N) is 2. The van der Waals surface area contributed by atoms with Crippen LogP contribution in [0, 0.1) is 31.6 Å². The molecule has 3 aromatic rings. The highest BCUT2D eigenvalue weighted by molar-refractivity contribution is 6.30. The Morgan fingerprint density at radius 3 is 2.03 bits per heavy atom. The summed E-state index contributed by atoms with van der Waals surface area (Å²) in [5, 5.41) is 4.44. The van der Waals surface area contributed by atoms with Crippen molar-refractivity contribution in [2.24, 2.45) is 29.3 Å². The lowest BCUT2D eigenvalue weighted by atomic mass is 9.73. The highest BCUT2D eigenvalue weighted by Crippen LogP contribution is 2.41. The Hall–Kier alpha value is -4.31. The van der Waals surface area contributed by atoms with Gasteiger partial charge in [0.2, 0.25) is 0 Å². The average molecular weight is 943 g/mol. The summed E-state index contributed by atoms with van der Waals surface area (Å²) in [7, 11) is 1.50. The highest BCUT2D eigenvalue weighted by Gasteiger charge is 2.34. The summed E-state index contributed by atoms with van der Waals surface area (Å²) in [6.07, 6.45) is 9.53. The van der Waals surface area contributed by atoms with E-state index >= 15 is 0 Å². The molecule has 0 fully saturated rings. The van der Waals surface area contributed by atoms with Crippen molar-refractivity contribution in [3.05, 3.63) is 142 Å². The number of benzene rings is 3. The second kappa shape index (κ2) is 35.8. The molecule has 0 saturated carbocycles. The molecule has 0 radical (unpaired) electrons. The fourth-order valence-corrected chi connectivity index (χ4v) is 8.96. The molecule has 374 valence electrons. The van der Waals surface area contributed by atoms with Crippen molar-refractivity contribution in [3.8, 4) is 5.75 Å². The van der Waals surface area contributed by atoms with Crippen molar-refractivity contribution in [2.75, 3.05) is 26.7 Å². The molecule has 5 atom stereocenters. The molecule has 5 unspecified atom stereocenters. The molecule has 3 aromatic carbocycles. The third-order valence-electron chi connectivity index (χ3n) is 11.9. The summed E-state index contributed by atoms with van der Waals surface area (Å²) in [5.74, 6) is 7.66. The van der Waals surface area contributed by atoms with Crippen LogP contribution in [-0.2, 0) is 11.2 Å². The first-order valence-corrected chi connectivity index (χ1v) is 25.2. The van der Waals surface area contributed by atoms with Crippen LogP contribution in [0.3, 0.4) is 0 Å². The molecule has 0 saturated heterocycles. The number of rotatable bonds is 22. The number of ether oxygens (including phenoxy) is 1. The quantitative estimate of drug-likeness (QED) is 0.0449. The van der Waals surface area contributed by atoms with Gasteiger partial charge in [-0.05, 0) is 182 Å². The molecule has 1 heterocycles.